The van der Waals surface area contributed by atoms with Crippen LogP contribution in [0.25, 0.3) is 0 Å². The lowest BCUT2D eigenvalue weighted by Gasteiger charge is -2.23. The maximum atomic E-state index is 5.99. The van der Waals surface area contributed by atoms with E-state index in [0.717, 1.165) is 12.8 Å². The zero-order valence-electron chi connectivity index (χ0n) is 9.16. The van der Waals surface area contributed by atoms with Crippen LogP contribution in [0, 0.1) is 0 Å². The minimum atomic E-state index is -0.239. The molecule has 2 bridgehead atoms. The molecule has 0 spiro atoms. The molecule has 0 amide bonds. The molecule has 0 radical (unpaired) electrons. The van der Waals surface area contributed by atoms with Crippen molar-refractivity contribution in [1.29, 1.82) is 0 Å². The summed E-state index contributed by atoms with van der Waals surface area (Å²) in [5.74, 6) is 0. The molecule has 2 atom stereocenters. The highest BCUT2D eigenvalue weighted by Crippen LogP contribution is 2.50. The molecule has 2 aliphatic rings. The van der Waals surface area contributed by atoms with E-state index >= 15 is 0 Å². The molecule has 0 aromatic heterocycles. The van der Waals surface area contributed by atoms with Gasteiger partial charge in [-0.2, -0.15) is 0 Å². The van der Waals surface area contributed by atoms with Gasteiger partial charge in [0.15, 0.2) is 6.23 Å². The number of benzene rings is 1. The van der Waals surface area contributed by atoms with Crippen molar-refractivity contribution in [3.05, 3.63) is 35.4 Å². The predicted octanol–water partition coefficient (Wildman–Crippen LogP) is 3.19. The van der Waals surface area contributed by atoms with Crippen molar-refractivity contribution in [2.45, 2.75) is 38.5 Å². The summed E-state index contributed by atoms with van der Waals surface area (Å²) in [6.45, 7) is 4.33. The van der Waals surface area contributed by atoms with E-state index in [1.165, 1.54) is 16.8 Å². The minimum absolute atomic E-state index is 0.0345. The van der Waals surface area contributed by atoms with Gasteiger partial charge in [-0.25, -0.2) is 0 Å². The van der Waals surface area contributed by atoms with Crippen molar-refractivity contribution in [3.8, 4) is 0 Å². The topological polar surface area (TPSA) is 21.6 Å². The Morgan fingerprint density at radius 2 is 2.20 bits per heavy atom. The fourth-order valence-corrected chi connectivity index (χ4v) is 2.62. The minimum Gasteiger partial charge on any atom is -0.335 e. The number of aliphatic imine (C=N–C) groups is 1. The van der Waals surface area contributed by atoms with E-state index in [-0.39, 0.29) is 11.8 Å². The highest BCUT2D eigenvalue weighted by molar-refractivity contribution is 5.96. The van der Waals surface area contributed by atoms with Crippen molar-refractivity contribution in [2.24, 2.45) is 4.99 Å². The largest absolute Gasteiger partial charge is 0.335 e. The second-order valence-electron chi connectivity index (χ2n) is 4.42. The van der Waals surface area contributed by atoms with Gasteiger partial charge in [-0.3, -0.25) is 4.99 Å². The Morgan fingerprint density at radius 3 is 3.00 bits per heavy atom. The number of fused-ring (bicyclic) bond motifs is 5. The Bertz CT molecular complexity index is 438. The van der Waals surface area contributed by atoms with Gasteiger partial charge in [0.2, 0.25) is 0 Å². The van der Waals surface area contributed by atoms with Crippen molar-refractivity contribution in [1.82, 2.24) is 0 Å². The Labute approximate surface area is 90.0 Å². The maximum absolute atomic E-state index is 5.99. The second kappa shape index (κ2) is 2.92. The molecule has 2 heterocycles. The number of rotatable bonds is 2. The van der Waals surface area contributed by atoms with Crippen LogP contribution < -0.4 is 0 Å². The Hall–Kier alpha value is -1.15. The first-order valence-corrected chi connectivity index (χ1v) is 5.60. The zero-order valence-corrected chi connectivity index (χ0v) is 9.16. The quantitative estimate of drug-likeness (QED) is 0.720. The number of hydrogen-bond acceptors (Lipinski definition) is 2. The molecule has 0 N–H and O–H groups in total. The van der Waals surface area contributed by atoms with Crippen LogP contribution in [0.4, 0.5) is 0 Å². The van der Waals surface area contributed by atoms with Crippen LogP contribution in [0.15, 0.2) is 29.3 Å². The van der Waals surface area contributed by atoms with Gasteiger partial charge in [-0.1, -0.05) is 37.6 Å². The van der Waals surface area contributed by atoms with Gasteiger partial charge in [-0.15, -0.1) is 0 Å². The van der Waals surface area contributed by atoms with Crippen LogP contribution in [0.1, 0.15) is 44.0 Å². The average molecular weight is 201 g/mol. The average Bonchev–Trinajstić information content (AvgIpc) is 2.71. The highest BCUT2D eigenvalue weighted by Gasteiger charge is 2.49. The summed E-state index contributed by atoms with van der Waals surface area (Å²) >= 11 is 0. The standard InChI is InChI=1S/C13H15NO/c1-3-6-11-13(2)10-8-5-4-7-9(10)12(14-11)15-13/h4-5,7-8,12H,3,6H2,1-2H3. The van der Waals surface area contributed by atoms with Gasteiger partial charge in [-0.05, 0) is 18.9 Å². The maximum Gasteiger partial charge on any atom is 0.176 e. The van der Waals surface area contributed by atoms with Crippen molar-refractivity contribution < 1.29 is 4.74 Å². The van der Waals surface area contributed by atoms with Crippen LogP contribution in [0.2, 0.25) is 0 Å². The van der Waals surface area contributed by atoms with Gasteiger partial charge >= 0.3 is 0 Å². The molecule has 1 aromatic carbocycles. The molecule has 0 aliphatic carbocycles. The molecule has 2 heteroatoms. The Morgan fingerprint density at radius 1 is 1.40 bits per heavy atom. The van der Waals surface area contributed by atoms with Gasteiger partial charge in [0, 0.05) is 5.56 Å². The third-order valence-corrected chi connectivity index (χ3v) is 3.40. The van der Waals surface area contributed by atoms with Gasteiger partial charge in [0.1, 0.15) is 5.60 Å². The predicted molar refractivity (Wildman–Crippen MR) is 60.0 cm³/mol. The Kier molecular flexibility index (Phi) is 1.77. The molecule has 15 heavy (non-hydrogen) atoms. The summed E-state index contributed by atoms with van der Waals surface area (Å²) in [7, 11) is 0. The molecule has 1 aromatic rings. The molecule has 3 rings (SSSR count). The summed E-state index contributed by atoms with van der Waals surface area (Å²) in [6, 6.07) is 8.43. The van der Waals surface area contributed by atoms with Crippen LogP contribution in [-0.4, -0.2) is 5.71 Å². The molecule has 0 saturated heterocycles. The highest BCUT2D eigenvalue weighted by atomic mass is 16.5. The van der Waals surface area contributed by atoms with E-state index in [9.17, 15) is 0 Å². The first kappa shape index (κ1) is 9.10. The SMILES string of the molecule is CCCC1=NC2OC1(C)c1ccccc12. The fraction of sp³-hybridized carbons (Fsp3) is 0.462. The molecule has 2 nitrogen and oxygen atoms in total. The van der Waals surface area contributed by atoms with E-state index in [4.69, 9.17) is 4.74 Å². The molecule has 0 saturated carbocycles. The second-order valence-corrected chi connectivity index (χ2v) is 4.42. The van der Waals surface area contributed by atoms with Crippen molar-refractivity contribution in [3.63, 3.8) is 0 Å². The first-order valence-electron chi connectivity index (χ1n) is 5.60. The number of ether oxygens (including phenoxy) is 1. The smallest absolute Gasteiger partial charge is 0.176 e. The third kappa shape index (κ3) is 1.06. The molecular weight excluding hydrogens is 186 g/mol. The lowest BCUT2D eigenvalue weighted by atomic mass is 9.86. The molecule has 78 valence electrons. The molecular formula is C13H15NO. The van der Waals surface area contributed by atoms with Crippen LogP contribution >= 0.6 is 0 Å². The number of nitrogens with zero attached hydrogens (tertiary/aromatic N) is 1. The van der Waals surface area contributed by atoms with Crippen LogP contribution in [-0.2, 0) is 10.3 Å². The summed E-state index contributed by atoms with van der Waals surface area (Å²) in [5, 5.41) is 0. The van der Waals surface area contributed by atoms with E-state index in [2.05, 4.69) is 43.1 Å². The van der Waals surface area contributed by atoms with Crippen molar-refractivity contribution in [2.75, 3.05) is 0 Å². The normalized spacial score (nSPS) is 31.6. The number of hydrogen-bond donors (Lipinski definition) is 0. The third-order valence-electron chi connectivity index (χ3n) is 3.40. The van der Waals surface area contributed by atoms with Crippen molar-refractivity contribution >= 4 is 5.71 Å². The molecule has 2 unspecified atom stereocenters. The summed E-state index contributed by atoms with van der Waals surface area (Å²) in [5.41, 5.74) is 3.54. The molecule has 2 aliphatic heterocycles. The van der Waals surface area contributed by atoms with E-state index in [1.54, 1.807) is 0 Å². The summed E-state index contributed by atoms with van der Waals surface area (Å²) in [6.07, 6.45) is 2.14. The molecule has 0 fully saturated rings. The summed E-state index contributed by atoms with van der Waals surface area (Å²) in [4.78, 5) is 4.65. The van der Waals surface area contributed by atoms with Gasteiger partial charge < -0.3 is 4.74 Å². The van der Waals surface area contributed by atoms with E-state index in [0.29, 0.717) is 0 Å². The first-order chi connectivity index (χ1) is 7.25. The Balaban J connectivity index is 2.10. The van der Waals surface area contributed by atoms with E-state index < -0.39 is 0 Å². The van der Waals surface area contributed by atoms with Gasteiger partial charge in [0.05, 0.1) is 5.71 Å². The summed E-state index contributed by atoms with van der Waals surface area (Å²) < 4.78 is 5.99. The fourth-order valence-electron chi connectivity index (χ4n) is 2.62. The lowest BCUT2D eigenvalue weighted by molar-refractivity contribution is 0.00841. The van der Waals surface area contributed by atoms with E-state index in [1.807, 2.05) is 0 Å². The zero-order chi connectivity index (χ0) is 10.5. The van der Waals surface area contributed by atoms with Crippen LogP contribution in [0.3, 0.4) is 0 Å². The lowest BCUT2D eigenvalue weighted by Crippen LogP contribution is -2.29. The monoisotopic (exact) mass is 201 g/mol. The van der Waals surface area contributed by atoms with Crippen LogP contribution in [0.5, 0.6) is 0 Å². The van der Waals surface area contributed by atoms with Gasteiger partial charge in [0.25, 0.3) is 0 Å².